The zero-order chi connectivity index (χ0) is 28.6. The molecular weight excluding hydrogens is 559 g/mol. The maximum absolute atomic E-state index is 13.8. The van der Waals surface area contributed by atoms with Crippen LogP contribution >= 0.6 is 0 Å². The number of methoxy groups -OCH3 is 3. The Balaban J connectivity index is 0.00000760. The third-order valence-corrected chi connectivity index (χ3v) is 9.45. The number of rotatable bonds is 12. The van der Waals surface area contributed by atoms with E-state index < -0.39 is 66.0 Å². The summed E-state index contributed by atoms with van der Waals surface area (Å²) in [4.78, 5) is 36.3. The van der Waals surface area contributed by atoms with E-state index >= 15 is 0 Å². The SMILES string of the molecule is C=C([C-](CC(C/C=C/C(=O)OC)(C(=O)OC)C(=O)OC)S(=O)(=O)c1ccccc1)S(=O)(=O)c1ccccc1.[Na+]. The Morgan fingerprint density at radius 3 is 1.72 bits per heavy atom. The second-order valence-electron chi connectivity index (χ2n) is 7.85. The van der Waals surface area contributed by atoms with Crippen LogP contribution in [0.25, 0.3) is 0 Å². The fraction of sp³-hybridized carbons (Fsp3) is 0.231. The molecule has 2 rings (SSSR count). The molecule has 2 aromatic rings. The number of hydrogen-bond acceptors (Lipinski definition) is 10. The quantitative estimate of drug-likeness (QED) is 0.0820. The van der Waals surface area contributed by atoms with Gasteiger partial charge in [-0.3, -0.25) is 9.59 Å². The predicted molar refractivity (Wildman–Crippen MR) is 136 cm³/mol. The van der Waals surface area contributed by atoms with E-state index in [1.807, 2.05) is 0 Å². The minimum atomic E-state index is -4.65. The molecule has 0 unspecified atom stereocenters. The van der Waals surface area contributed by atoms with Crippen molar-refractivity contribution in [2.75, 3.05) is 21.3 Å². The van der Waals surface area contributed by atoms with Crippen LogP contribution in [0.3, 0.4) is 0 Å². The van der Waals surface area contributed by atoms with Gasteiger partial charge in [-0.1, -0.05) is 59.1 Å². The van der Waals surface area contributed by atoms with Crippen molar-refractivity contribution in [3.63, 3.8) is 0 Å². The van der Waals surface area contributed by atoms with Crippen LogP contribution in [0.2, 0.25) is 0 Å². The molecule has 2 aromatic carbocycles. The Hall–Kier alpha value is -2.90. The molecular formula is C26H27NaO10S2. The second kappa shape index (κ2) is 14.5. The van der Waals surface area contributed by atoms with E-state index in [9.17, 15) is 31.2 Å². The Bertz CT molecular complexity index is 1400. The molecule has 0 heterocycles. The summed E-state index contributed by atoms with van der Waals surface area (Å²) in [5.41, 5.74) is -2.40. The third kappa shape index (κ3) is 7.61. The molecule has 39 heavy (non-hydrogen) atoms. The molecule has 0 saturated carbocycles. The zero-order valence-electron chi connectivity index (χ0n) is 21.9. The first-order valence-electron chi connectivity index (χ1n) is 10.9. The number of allylic oxidation sites excluding steroid dienone is 1. The fourth-order valence-electron chi connectivity index (χ4n) is 3.53. The van der Waals surface area contributed by atoms with E-state index in [1.165, 1.54) is 48.5 Å². The van der Waals surface area contributed by atoms with Crippen LogP contribution in [0, 0.1) is 10.7 Å². The molecule has 0 aromatic heterocycles. The molecule has 13 heteroatoms. The van der Waals surface area contributed by atoms with E-state index in [0.717, 1.165) is 33.5 Å². The first-order valence-corrected chi connectivity index (χ1v) is 13.9. The number of carbonyl (C=O) groups is 3. The van der Waals surface area contributed by atoms with Crippen molar-refractivity contribution in [1.82, 2.24) is 0 Å². The van der Waals surface area contributed by atoms with Crippen LogP contribution in [0.4, 0.5) is 0 Å². The minimum absolute atomic E-state index is 0. The van der Waals surface area contributed by atoms with Crippen molar-refractivity contribution in [1.29, 1.82) is 0 Å². The van der Waals surface area contributed by atoms with Crippen molar-refractivity contribution in [2.45, 2.75) is 22.6 Å². The van der Waals surface area contributed by atoms with Crippen LogP contribution in [-0.2, 0) is 48.3 Å². The number of benzene rings is 2. The molecule has 0 bridgehead atoms. The summed E-state index contributed by atoms with van der Waals surface area (Å²) in [6.45, 7) is 3.57. The van der Waals surface area contributed by atoms with Gasteiger partial charge in [-0.05, 0) is 30.7 Å². The standard InChI is InChI=1S/C26H27O10S2.Na/c1-19(37(30,31)20-12-7-5-8-13-20)22(38(32,33)21-14-9-6-10-15-21)18-26(24(28)35-3,25(29)36-4)17-11-16-23(27)34-2;/h5-16H,1,17-18H2,2-4H3;/q-1;+1/b16-11+;. The summed E-state index contributed by atoms with van der Waals surface area (Å²) in [7, 11) is -6.12. The van der Waals surface area contributed by atoms with Crippen molar-refractivity contribution < 1.29 is 75.0 Å². The molecule has 0 spiro atoms. The Kier molecular flexibility index (Phi) is 12.7. The number of hydrogen-bond donors (Lipinski definition) is 0. The molecule has 0 aliphatic carbocycles. The summed E-state index contributed by atoms with van der Waals surface area (Å²) in [5, 5.41) is -0.824. The smallest absolute Gasteiger partial charge is 0.468 e. The minimum Gasteiger partial charge on any atom is -0.468 e. The summed E-state index contributed by atoms with van der Waals surface area (Å²) in [6, 6.07) is 13.8. The Morgan fingerprint density at radius 2 is 1.28 bits per heavy atom. The normalized spacial score (nSPS) is 11.7. The molecule has 0 fully saturated rings. The maximum Gasteiger partial charge on any atom is 1.00 e. The van der Waals surface area contributed by atoms with Crippen molar-refractivity contribution in [3.8, 4) is 0 Å². The van der Waals surface area contributed by atoms with Gasteiger partial charge >= 0.3 is 47.5 Å². The van der Waals surface area contributed by atoms with Gasteiger partial charge in [0.2, 0.25) is 0 Å². The molecule has 204 valence electrons. The number of sulfone groups is 2. The van der Waals surface area contributed by atoms with Crippen LogP contribution in [0.15, 0.2) is 94.1 Å². The Labute approximate surface area is 250 Å². The topological polar surface area (TPSA) is 147 Å². The van der Waals surface area contributed by atoms with Gasteiger partial charge in [0.25, 0.3) is 0 Å². The average molecular weight is 587 g/mol. The number of esters is 3. The molecule has 0 aliphatic rings. The van der Waals surface area contributed by atoms with Crippen molar-refractivity contribution in [2.24, 2.45) is 5.41 Å². The first kappa shape index (κ1) is 34.1. The average Bonchev–Trinajstić information content (AvgIpc) is 2.94. The van der Waals surface area contributed by atoms with Gasteiger partial charge in [0, 0.05) is 6.08 Å². The van der Waals surface area contributed by atoms with E-state index in [-0.39, 0.29) is 39.3 Å². The molecule has 0 saturated heterocycles. The van der Waals surface area contributed by atoms with E-state index in [0.29, 0.717) is 0 Å². The molecule has 0 atom stereocenters. The second-order valence-corrected chi connectivity index (χ2v) is 11.8. The van der Waals surface area contributed by atoms with Gasteiger partial charge in [0.15, 0.2) is 15.3 Å². The summed E-state index contributed by atoms with van der Waals surface area (Å²) in [6.07, 6.45) is 0.427. The van der Waals surface area contributed by atoms with Crippen molar-refractivity contribution in [3.05, 3.63) is 89.5 Å². The number of ether oxygens (including phenoxy) is 3. The molecule has 0 radical (unpaired) electrons. The molecule has 0 amide bonds. The summed E-state index contributed by atoms with van der Waals surface area (Å²) >= 11 is 0. The van der Waals surface area contributed by atoms with E-state index in [2.05, 4.69) is 11.3 Å². The third-order valence-electron chi connectivity index (χ3n) is 5.60. The number of carbonyl (C=O) groups excluding carboxylic acids is 3. The van der Waals surface area contributed by atoms with Crippen LogP contribution in [0.5, 0.6) is 0 Å². The summed E-state index contributed by atoms with van der Waals surface area (Å²) in [5.74, 6) is -3.25. The van der Waals surface area contributed by atoms with Gasteiger partial charge < -0.3 is 14.2 Å². The van der Waals surface area contributed by atoms with Gasteiger partial charge in [0.1, 0.15) is 9.84 Å². The predicted octanol–water partition coefficient (Wildman–Crippen LogP) is -0.174. The van der Waals surface area contributed by atoms with Gasteiger partial charge in [-0.15, -0.1) is 0 Å². The largest absolute Gasteiger partial charge is 1.00 e. The first-order chi connectivity index (χ1) is 17.9. The Morgan fingerprint density at radius 1 is 0.821 bits per heavy atom. The zero-order valence-corrected chi connectivity index (χ0v) is 25.6. The van der Waals surface area contributed by atoms with Crippen LogP contribution < -0.4 is 29.6 Å². The van der Waals surface area contributed by atoms with E-state index in [4.69, 9.17) is 9.47 Å². The van der Waals surface area contributed by atoms with Gasteiger partial charge in [0.05, 0.1) is 31.1 Å². The van der Waals surface area contributed by atoms with E-state index in [1.54, 1.807) is 12.1 Å². The maximum atomic E-state index is 13.8. The van der Waals surface area contributed by atoms with Gasteiger partial charge in [-0.2, -0.15) is 0 Å². The van der Waals surface area contributed by atoms with Crippen molar-refractivity contribution >= 4 is 37.6 Å². The molecule has 0 aliphatic heterocycles. The van der Waals surface area contributed by atoms with Crippen LogP contribution in [0.1, 0.15) is 12.8 Å². The molecule has 0 N–H and O–H groups in total. The van der Waals surface area contributed by atoms with Gasteiger partial charge in [-0.25, -0.2) is 28.2 Å². The monoisotopic (exact) mass is 586 g/mol. The fourth-order valence-corrected chi connectivity index (χ4v) is 6.90. The summed E-state index contributed by atoms with van der Waals surface area (Å²) < 4.78 is 68.7. The molecule has 10 nitrogen and oxygen atoms in total. The van der Waals surface area contributed by atoms with Crippen LogP contribution in [-0.4, -0.2) is 56.1 Å².